The maximum Gasteiger partial charge on any atom is 0.407 e. The van der Waals surface area contributed by atoms with Gasteiger partial charge in [-0.3, -0.25) is 4.57 Å². The van der Waals surface area contributed by atoms with Gasteiger partial charge in [0.1, 0.15) is 11.8 Å². The Balaban J connectivity index is 2.08. The molecule has 1 aromatic heterocycles. The number of aliphatic hydroxyl groups is 1. The number of carboxylic acid groups (broad SMARTS) is 1. The van der Waals surface area contributed by atoms with Gasteiger partial charge in [-0.2, -0.15) is 0 Å². The van der Waals surface area contributed by atoms with Crippen molar-refractivity contribution in [1.29, 1.82) is 0 Å². The molecule has 9 heteroatoms. The summed E-state index contributed by atoms with van der Waals surface area (Å²) in [6, 6.07) is 8.96. The SMILES string of the molecule is CC#CCn1c(N2CCN(C(=O)O)CC2)nc(C(O)c2ccccc2)c1C(=O)OCC. The highest BCUT2D eigenvalue weighted by atomic mass is 16.5. The van der Waals surface area contributed by atoms with Gasteiger partial charge >= 0.3 is 12.1 Å². The number of piperazine rings is 1. The Morgan fingerprint density at radius 1 is 1.19 bits per heavy atom. The Kier molecular flexibility index (Phi) is 7.15. The van der Waals surface area contributed by atoms with Crippen molar-refractivity contribution in [1.82, 2.24) is 14.5 Å². The molecular weight excluding hydrogens is 400 g/mol. The van der Waals surface area contributed by atoms with Gasteiger partial charge in [0.2, 0.25) is 5.95 Å². The lowest BCUT2D eigenvalue weighted by atomic mass is 10.1. The zero-order valence-electron chi connectivity index (χ0n) is 17.6. The molecule has 2 heterocycles. The first kappa shape index (κ1) is 22.2. The lowest BCUT2D eigenvalue weighted by Gasteiger charge is -2.33. The van der Waals surface area contributed by atoms with Gasteiger partial charge in [-0.1, -0.05) is 36.3 Å². The molecule has 1 aromatic carbocycles. The largest absolute Gasteiger partial charge is 0.465 e. The fourth-order valence-corrected chi connectivity index (χ4v) is 3.50. The highest BCUT2D eigenvalue weighted by molar-refractivity contribution is 5.90. The van der Waals surface area contributed by atoms with Crippen LogP contribution in [0.2, 0.25) is 0 Å². The quantitative estimate of drug-likeness (QED) is 0.537. The first-order valence-electron chi connectivity index (χ1n) is 10.1. The molecule has 0 spiro atoms. The van der Waals surface area contributed by atoms with E-state index in [1.165, 1.54) is 4.90 Å². The summed E-state index contributed by atoms with van der Waals surface area (Å²) >= 11 is 0. The molecule has 2 N–H and O–H groups in total. The van der Waals surface area contributed by atoms with Gasteiger partial charge < -0.3 is 24.7 Å². The van der Waals surface area contributed by atoms with Gasteiger partial charge in [0.25, 0.3) is 0 Å². The summed E-state index contributed by atoms with van der Waals surface area (Å²) in [7, 11) is 0. The van der Waals surface area contributed by atoms with E-state index in [1.807, 2.05) is 11.0 Å². The minimum Gasteiger partial charge on any atom is -0.465 e. The van der Waals surface area contributed by atoms with Crippen LogP contribution in [0.4, 0.5) is 10.7 Å². The van der Waals surface area contributed by atoms with Crippen molar-refractivity contribution in [3.05, 3.63) is 47.3 Å². The van der Waals surface area contributed by atoms with Crippen LogP contribution in [0.25, 0.3) is 0 Å². The van der Waals surface area contributed by atoms with Crippen LogP contribution in [-0.2, 0) is 11.3 Å². The van der Waals surface area contributed by atoms with E-state index in [2.05, 4.69) is 16.8 Å². The molecule has 1 saturated heterocycles. The summed E-state index contributed by atoms with van der Waals surface area (Å²) in [6.07, 6.45) is -2.09. The molecule has 1 amide bonds. The Labute approximate surface area is 180 Å². The Hall–Kier alpha value is -3.51. The van der Waals surface area contributed by atoms with Crippen molar-refractivity contribution in [3.63, 3.8) is 0 Å². The number of imidazole rings is 1. The van der Waals surface area contributed by atoms with E-state index in [0.717, 1.165) is 0 Å². The molecule has 2 aromatic rings. The fourth-order valence-electron chi connectivity index (χ4n) is 3.50. The zero-order valence-corrected chi connectivity index (χ0v) is 17.6. The second kappa shape index (κ2) is 10.00. The van der Waals surface area contributed by atoms with Gasteiger partial charge in [0.15, 0.2) is 5.69 Å². The number of hydrogen-bond acceptors (Lipinski definition) is 6. The third-order valence-electron chi connectivity index (χ3n) is 5.06. The topological polar surface area (TPSA) is 108 Å². The lowest BCUT2D eigenvalue weighted by Crippen LogP contribution is -2.49. The predicted octanol–water partition coefficient (Wildman–Crippen LogP) is 1.96. The highest BCUT2D eigenvalue weighted by Gasteiger charge is 2.32. The van der Waals surface area contributed by atoms with E-state index < -0.39 is 18.2 Å². The monoisotopic (exact) mass is 426 g/mol. The van der Waals surface area contributed by atoms with E-state index in [1.54, 1.807) is 42.7 Å². The summed E-state index contributed by atoms with van der Waals surface area (Å²) in [5, 5.41) is 20.3. The molecule has 0 aliphatic carbocycles. The number of aliphatic hydroxyl groups excluding tert-OH is 1. The molecule has 1 atom stereocenters. The molecule has 3 rings (SSSR count). The number of aromatic nitrogens is 2. The summed E-state index contributed by atoms with van der Waals surface area (Å²) < 4.78 is 6.91. The number of rotatable bonds is 6. The Morgan fingerprint density at radius 3 is 2.45 bits per heavy atom. The van der Waals surface area contributed by atoms with Crippen LogP contribution in [-0.4, -0.2) is 69.5 Å². The highest BCUT2D eigenvalue weighted by Crippen LogP contribution is 2.30. The average molecular weight is 426 g/mol. The van der Waals surface area contributed by atoms with Crippen molar-refractivity contribution < 1.29 is 24.5 Å². The Morgan fingerprint density at radius 2 is 1.87 bits per heavy atom. The second-order valence-corrected chi connectivity index (χ2v) is 6.95. The smallest absolute Gasteiger partial charge is 0.407 e. The van der Waals surface area contributed by atoms with Crippen molar-refractivity contribution in [3.8, 4) is 11.8 Å². The number of amides is 1. The summed E-state index contributed by atoms with van der Waals surface area (Å²) in [6.45, 7) is 5.22. The van der Waals surface area contributed by atoms with Gasteiger partial charge in [-0.25, -0.2) is 14.6 Å². The van der Waals surface area contributed by atoms with Crippen LogP contribution in [0.5, 0.6) is 0 Å². The molecule has 0 saturated carbocycles. The zero-order chi connectivity index (χ0) is 22.4. The number of ether oxygens (including phenoxy) is 1. The second-order valence-electron chi connectivity index (χ2n) is 6.95. The van der Waals surface area contributed by atoms with Crippen LogP contribution in [0.15, 0.2) is 30.3 Å². The molecule has 0 bridgehead atoms. The van der Waals surface area contributed by atoms with Crippen LogP contribution >= 0.6 is 0 Å². The summed E-state index contributed by atoms with van der Waals surface area (Å²) in [5.41, 5.74) is 0.941. The first-order valence-corrected chi connectivity index (χ1v) is 10.1. The van der Waals surface area contributed by atoms with Gasteiger partial charge in [0, 0.05) is 26.2 Å². The van der Waals surface area contributed by atoms with E-state index in [-0.39, 0.29) is 24.5 Å². The Bertz CT molecular complexity index is 985. The maximum absolute atomic E-state index is 12.9. The molecular formula is C22H26N4O5. The molecule has 1 fully saturated rings. The van der Waals surface area contributed by atoms with Crippen LogP contribution in [0.3, 0.4) is 0 Å². The first-order chi connectivity index (χ1) is 15.0. The summed E-state index contributed by atoms with van der Waals surface area (Å²) in [4.78, 5) is 32.0. The molecule has 164 valence electrons. The van der Waals surface area contributed by atoms with Gasteiger partial charge in [0.05, 0.1) is 13.2 Å². The maximum atomic E-state index is 12.9. The molecule has 31 heavy (non-hydrogen) atoms. The van der Waals surface area contributed by atoms with E-state index in [4.69, 9.17) is 4.74 Å². The summed E-state index contributed by atoms with van der Waals surface area (Å²) in [5.74, 6) is 5.64. The number of carbonyl (C=O) groups excluding carboxylic acids is 1. The minimum absolute atomic E-state index is 0.150. The molecule has 1 unspecified atom stereocenters. The third-order valence-corrected chi connectivity index (χ3v) is 5.06. The molecule has 1 aliphatic heterocycles. The standard InChI is InChI=1S/C22H26N4O5/c1-3-5-11-26-18(20(28)31-4-2)17(19(27)16-9-7-6-8-10-16)23-21(26)24-12-14-25(15-13-24)22(29)30/h6-10,19,27H,4,11-15H2,1-2H3,(H,29,30). The van der Waals surface area contributed by atoms with E-state index in [0.29, 0.717) is 37.7 Å². The van der Waals surface area contributed by atoms with Crippen LogP contribution in [0, 0.1) is 11.8 Å². The number of carbonyl (C=O) groups is 2. The van der Waals surface area contributed by atoms with Crippen LogP contribution < -0.4 is 4.90 Å². The fraction of sp³-hybridized carbons (Fsp3) is 0.409. The molecule has 9 nitrogen and oxygen atoms in total. The van der Waals surface area contributed by atoms with Crippen LogP contribution in [0.1, 0.15) is 41.7 Å². The van der Waals surface area contributed by atoms with Gasteiger partial charge in [-0.15, -0.1) is 5.92 Å². The van der Waals surface area contributed by atoms with Crippen molar-refractivity contribution in [2.24, 2.45) is 0 Å². The normalized spacial score (nSPS) is 14.5. The van der Waals surface area contributed by atoms with E-state index >= 15 is 0 Å². The number of hydrogen-bond donors (Lipinski definition) is 2. The number of esters is 1. The number of benzene rings is 1. The van der Waals surface area contributed by atoms with E-state index in [9.17, 15) is 19.8 Å². The lowest BCUT2D eigenvalue weighted by molar-refractivity contribution is 0.0508. The van der Waals surface area contributed by atoms with Gasteiger partial charge in [-0.05, 0) is 19.4 Å². The van der Waals surface area contributed by atoms with Crippen molar-refractivity contribution >= 4 is 18.0 Å². The predicted molar refractivity (Wildman–Crippen MR) is 114 cm³/mol. The van der Waals surface area contributed by atoms with Crippen molar-refractivity contribution in [2.45, 2.75) is 26.5 Å². The average Bonchev–Trinajstić information content (AvgIpc) is 3.17. The third kappa shape index (κ3) is 4.81. The van der Waals surface area contributed by atoms with Crippen molar-refractivity contribution in [2.75, 3.05) is 37.7 Å². The molecule has 0 radical (unpaired) electrons. The molecule has 1 aliphatic rings. The number of nitrogens with zero attached hydrogens (tertiary/aromatic N) is 4. The minimum atomic E-state index is -1.13. The number of anilines is 1.